The van der Waals surface area contributed by atoms with E-state index in [1.54, 1.807) is 6.33 Å². The van der Waals surface area contributed by atoms with E-state index >= 15 is 0 Å². The molecule has 3 saturated heterocycles. The van der Waals surface area contributed by atoms with Gasteiger partial charge < -0.3 is 19.9 Å². The lowest BCUT2D eigenvalue weighted by Crippen LogP contribution is -2.61. The van der Waals surface area contributed by atoms with Crippen LogP contribution in [0.1, 0.15) is 48.5 Å². The van der Waals surface area contributed by atoms with E-state index in [0.29, 0.717) is 30.9 Å². The van der Waals surface area contributed by atoms with E-state index < -0.39 is 9.84 Å². The number of hydrogen-bond donors (Lipinski definition) is 1. The lowest BCUT2D eigenvalue weighted by molar-refractivity contribution is -0.133. The Labute approximate surface area is 230 Å². The second kappa shape index (κ2) is 10.1. The van der Waals surface area contributed by atoms with Crippen LogP contribution in [0.15, 0.2) is 31.1 Å². The number of aromatic nitrogens is 2. The third-order valence-corrected chi connectivity index (χ3v) is 10.2. The van der Waals surface area contributed by atoms with E-state index in [2.05, 4.69) is 45.8 Å². The zero-order valence-corrected chi connectivity index (χ0v) is 23.4. The van der Waals surface area contributed by atoms with E-state index in [0.717, 1.165) is 67.4 Å². The normalized spacial score (nSPS) is 23.5. The SMILES string of the molecule is C=CC(=O)N1CC(N2CCC(c3cc(C)c4c(c3)Nc3ncnc(N5CCS(=O)(=O)CC5)c3[C@H](C)O4)CC2)C1. The number of hydrogen-bond acceptors (Lipinski definition) is 9. The largest absolute Gasteiger partial charge is 0.483 e. The van der Waals surface area contributed by atoms with Gasteiger partial charge in [0.15, 0.2) is 9.84 Å². The first-order valence-corrected chi connectivity index (χ1v) is 15.6. The van der Waals surface area contributed by atoms with Crippen LogP contribution in [-0.2, 0) is 14.6 Å². The summed E-state index contributed by atoms with van der Waals surface area (Å²) in [5, 5.41) is 3.54. The molecular weight excluding hydrogens is 516 g/mol. The second-order valence-electron chi connectivity index (χ2n) is 11.1. The maximum atomic E-state index is 12.0. The first kappa shape index (κ1) is 26.1. The van der Waals surface area contributed by atoms with Crippen LogP contribution in [0.4, 0.5) is 17.3 Å². The lowest BCUT2D eigenvalue weighted by atomic mass is 9.87. The van der Waals surface area contributed by atoms with Gasteiger partial charge >= 0.3 is 0 Å². The van der Waals surface area contributed by atoms with E-state index in [-0.39, 0.29) is 23.5 Å². The van der Waals surface area contributed by atoms with Gasteiger partial charge in [-0.05, 0) is 69.0 Å². The highest BCUT2D eigenvalue weighted by Gasteiger charge is 2.36. The molecular formula is C28H36N6O4S. The van der Waals surface area contributed by atoms with Gasteiger partial charge in [-0.15, -0.1) is 0 Å². The summed E-state index contributed by atoms with van der Waals surface area (Å²) < 4.78 is 30.5. The minimum absolute atomic E-state index is 0.0217. The summed E-state index contributed by atoms with van der Waals surface area (Å²) in [7, 11) is -3.00. The molecule has 3 fully saturated rings. The van der Waals surface area contributed by atoms with E-state index in [9.17, 15) is 13.2 Å². The second-order valence-corrected chi connectivity index (χ2v) is 13.4. The molecule has 2 aromatic rings. The fourth-order valence-electron chi connectivity index (χ4n) is 6.28. The molecule has 1 atom stereocenters. The highest BCUT2D eigenvalue weighted by Crippen LogP contribution is 2.45. The van der Waals surface area contributed by atoms with Crippen LogP contribution in [0, 0.1) is 6.92 Å². The minimum atomic E-state index is -3.00. The van der Waals surface area contributed by atoms with Crippen LogP contribution < -0.4 is 15.0 Å². The van der Waals surface area contributed by atoms with Gasteiger partial charge in [-0.2, -0.15) is 0 Å². The maximum absolute atomic E-state index is 12.0. The fraction of sp³-hybridized carbons (Fsp3) is 0.536. The van der Waals surface area contributed by atoms with Crippen molar-refractivity contribution in [2.75, 3.05) is 61.0 Å². The first-order valence-electron chi connectivity index (χ1n) is 13.8. The van der Waals surface area contributed by atoms with Crippen molar-refractivity contribution in [1.82, 2.24) is 19.8 Å². The van der Waals surface area contributed by atoms with Crippen molar-refractivity contribution in [2.45, 2.75) is 44.8 Å². The standard InChI is InChI=1S/C28H36N6O4S/c1-4-24(35)34-15-22(16-34)32-7-5-20(6-8-32)21-13-18(2)26-23(14-21)31-27-25(19(3)38-26)28(30-17-29-27)33-9-11-39(36,37)12-10-33/h4,13-14,17,19-20,22H,1,5-12,15-16H2,2-3H3,(H,29,30,31)/t19-/m0/s1. The molecule has 0 spiro atoms. The summed E-state index contributed by atoms with van der Waals surface area (Å²) >= 11 is 0. The van der Waals surface area contributed by atoms with Gasteiger partial charge in [0.05, 0.1) is 22.8 Å². The minimum Gasteiger partial charge on any atom is -0.483 e. The van der Waals surface area contributed by atoms with Gasteiger partial charge in [0.1, 0.15) is 29.8 Å². The lowest BCUT2D eigenvalue weighted by Gasteiger charge is -2.47. The molecule has 39 heavy (non-hydrogen) atoms. The number of carbonyl (C=O) groups excluding carboxylic acids is 1. The van der Waals surface area contributed by atoms with Crippen molar-refractivity contribution >= 4 is 33.1 Å². The van der Waals surface area contributed by atoms with Crippen LogP contribution in [-0.4, -0.2) is 90.9 Å². The number of rotatable bonds is 4. The predicted molar refractivity (Wildman–Crippen MR) is 151 cm³/mol. The number of carbonyl (C=O) groups is 1. The smallest absolute Gasteiger partial charge is 0.246 e. The highest BCUT2D eigenvalue weighted by molar-refractivity contribution is 7.91. The molecule has 4 aliphatic heterocycles. The Hall–Kier alpha value is -3.18. The summed E-state index contributed by atoms with van der Waals surface area (Å²) in [6.07, 6.45) is 4.78. The molecule has 208 valence electrons. The molecule has 0 aliphatic carbocycles. The van der Waals surface area contributed by atoms with Crippen molar-refractivity contribution in [3.8, 4) is 5.75 Å². The Morgan fingerprint density at radius 1 is 1.13 bits per heavy atom. The maximum Gasteiger partial charge on any atom is 0.246 e. The first-order chi connectivity index (χ1) is 18.7. The quantitative estimate of drug-likeness (QED) is 0.573. The van der Waals surface area contributed by atoms with Gasteiger partial charge in [-0.1, -0.05) is 12.6 Å². The van der Waals surface area contributed by atoms with E-state index in [4.69, 9.17) is 4.74 Å². The third-order valence-electron chi connectivity index (χ3n) is 8.62. The molecule has 1 amide bonds. The van der Waals surface area contributed by atoms with Gasteiger partial charge in [0, 0.05) is 32.2 Å². The average Bonchev–Trinajstić information content (AvgIpc) is 3.04. The Bertz CT molecular complexity index is 1390. The predicted octanol–water partition coefficient (Wildman–Crippen LogP) is 2.79. The Morgan fingerprint density at radius 3 is 2.54 bits per heavy atom. The van der Waals surface area contributed by atoms with Crippen LogP contribution >= 0.6 is 0 Å². The number of nitrogens with zero attached hydrogens (tertiary/aromatic N) is 5. The van der Waals surface area contributed by atoms with Crippen LogP contribution in [0.5, 0.6) is 5.75 Å². The molecule has 0 unspecified atom stereocenters. The summed E-state index contributed by atoms with van der Waals surface area (Å²) in [6.45, 7) is 12.1. The topological polar surface area (TPSA) is 108 Å². The Morgan fingerprint density at radius 2 is 1.85 bits per heavy atom. The number of amides is 1. The zero-order valence-electron chi connectivity index (χ0n) is 22.6. The molecule has 0 radical (unpaired) electrons. The monoisotopic (exact) mass is 552 g/mol. The molecule has 0 saturated carbocycles. The summed E-state index contributed by atoms with van der Waals surface area (Å²) in [6, 6.07) is 4.90. The summed E-state index contributed by atoms with van der Waals surface area (Å²) in [5.41, 5.74) is 4.13. The van der Waals surface area contributed by atoms with Crippen molar-refractivity contribution in [3.63, 3.8) is 0 Å². The van der Waals surface area contributed by atoms with Crippen molar-refractivity contribution < 1.29 is 17.9 Å². The fourth-order valence-corrected chi connectivity index (χ4v) is 7.48. The Balaban J connectivity index is 1.19. The van der Waals surface area contributed by atoms with Gasteiger partial charge in [-0.3, -0.25) is 9.69 Å². The number of sulfone groups is 1. The molecule has 4 aliphatic rings. The summed E-state index contributed by atoms with van der Waals surface area (Å²) in [4.78, 5) is 27.3. The summed E-state index contributed by atoms with van der Waals surface area (Å²) in [5.74, 6) is 2.98. The molecule has 1 aromatic carbocycles. The molecule has 0 bridgehead atoms. The Kier molecular flexibility index (Phi) is 6.74. The molecule has 5 heterocycles. The highest BCUT2D eigenvalue weighted by atomic mass is 32.2. The van der Waals surface area contributed by atoms with E-state index in [1.807, 2.05) is 16.7 Å². The third kappa shape index (κ3) is 4.98. The zero-order chi connectivity index (χ0) is 27.3. The van der Waals surface area contributed by atoms with Gasteiger partial charge in [0.2, 0.25) is 5.91 Å². The van der Waals surface area contributed by atoms with E-state index in [1.165, 1.54) is 11.6 Å². The van der Waals surface area contributed by atoms with Crippen LogP contribution in [0.2, 0.25) is 0 Å². The number of fused-ring (bicyclic) bond motifs is 2. The molecule has 1 N–H and O–H groups in total. The van der Waals surface area contributed by atoms with Crippen molar-refractivity contribution in [3.05, 3.63) is 47.8 Å². The van der Waals surface area contributed by atoms with Crippen LogP contribution in [0.25, 0.3) is 0 Å². The number of ether oxygens (including phenoxy) is 1. The van der Waals surface area contributed by atoms with Crippen molar-refractivity contribution in [1.29, 1.82) is 0 Å². The number of aryl methyl sites for hydroxylation is 1. The number of nitrogens with one attached hydrogen (secondary N) is 1. The molecule has 11 heteroatoms. The van der Waals surface area contributed by atoms with Crippen molar-refractivity contribution in [2.24, 2.45) is 0 Å². The van der Waals surface area contributed by atoms with Gasteiger partial charge in [-0.25, -0.2) is 18.4 Å². The van der Waals surface area contributed by atoms with Crippen LogP contribution in [0.3, 0.4) is 0 Å². The molecule has 1 aromatic heterocycles. The number of benzene rings is 1. The molecule has 10 nitrogen and oxygen atoms in total. The average molecular weight is 553 g/mol. The number of likely N-dealkylation sites (tertiary alicyclic amines) is 2. The number of anilines is 3. The molecule has 6 rings (SSSR count). The number of piperidine rings is 1. The van der Waals surface area contributed by atoms with Gasteiger partial charge in [0.25, 0.3) is 0 Å².